The van der Waals surface area contributed by atoms with Crippen molar-refractivity contribution in [3.05, 3.63) is 35.9 Å². The predicted octanol–water partition coefficient (Wildman–Crippen LogP) is 1.94. The zero-order valence-corrected chi connectivity index (χ0v) is 8.96. The van der Waals surface area contributed by atoms with E-state index in [1.54, 1.807) is 0 Å². The summed E-state index contributed by atoms with van der Waals surface area (Å²) in [7, 11) is 0. The van der Waals surface area contributed by atoms with Gasteiger partial charge in [0.25, 0.3) is 0 Å². The molecule has 0 radical (unpaired) electrons. The first kappa shape index (κ1) is 11.2. The first-order valence-electron chi connectivity index (χ1n) is 5.05. The van der Waals surface area contributed by atoms with Crippen molar-refractivity contribution in [1.82, 2.24) is 5.32 Å². The van der Waals surface area contributed by atoms with E-state index in [9.17, 15) is 5.11 Å². The van der Waals surface area contributed by atoms with E-state index >= 15 is 0 Å². The SMILES string of the molecule is CC(C)(O)CCNCc1ccccc1. The van der Waals surface area contributed by atoms with Crippen molar-refractivity contribution in [3.63, 3.8) is 0 Å². The summed E-state index contributed by atoms with van der Waals surface area (Å²) in [6.07, 6.45) is 0.778. The molecule has 1 aromatic carbocycles. The van der Waals surface area contributed by atoms with Crippen molar-refractivity contribution in [2.45, 2.75) is 32.4 Å². The molecule has 0 amide bonds. The summed E-state index contributed by atoms with van der Waals surface area (Å²) in [6, 6.07) is 10.3. The standard InChI is InChI=1S/C12H19NO/c1-12(2,14)8-9-13-10-11-6-4-3-5-7-11/h3-7,13-14H,8-10H2,1-2H3. The summed E-state index contributed by atoms with van der Waals surface area (Å²) in [5.41, 5.74) is 0.715. The number of hydrogen-bond donors (Lipinski definition) is 2. The Morgan fingerprint density at radius 2 is 1.86 bits per heavy atom. The molecule has 14 heavy (non-hydrogen) atoms. The van der Waals surface area contributed by atoms with Crippen LogP contribution in [-0.2, 0) is 6.54 Å². The largest absolute Gasteiger partial charge is 0.390 e. The van der Waals surface area contributed by atoms with Crippen LogP contribution >= 0.6 is 0 Å². The summed E-state index contributed by atoms with van der Waals surface area (Å²) in [6.45, 7) is 5.38. The highest BCUT2D eigenvalue weighted by atomic mass is 16.3. The number of nitrogens with one attached hydrogen (secondary N) is 1. The maximum absolute atomic E-state index is 9.47. The molecule has 0 fully saturated rings. The predicted molar refractivity (Wildman–Crippen MR) is 59.1 cm³/mol. The van der Waals surface area contributed by atoms with E-state index < -0.39 is 5.60 Å². The maximum atomic E-state index is 9.47. The molecule has 0 unspecified atom stereocenters. The molecule has 2 heteroatoms. The van der Waals surface area contributed by atoms with E-state index in [1.165, 1.54) is 5.56 Å². The van der Waals surface area contributed by atoms with Crippen molar-refractivity contribution >= 4 is 0 Å². The second-order valence-corrected chi connectivity index (χ2v) is 4.22. The first-order chi connectivity index (χ1) is 6.58. The van der Waals surface area contributed by atoms with Gasteiger partial charge in [-0.05, 0) is 32.4 Å². The van der Waals surface area contributed by atoms with E-state index in [0.717, 1.165) is 19.5 Å². The fourth-order valence-corrected chi connectivity index (χ4v) is 1.22. The van der Waals surface area contributed by atoms with E-state index in [-0.39, 0.29) is 0 Å². The Labute approximate surface area is 86.0 Å². The molecule has 0 aliphatic rings. The van der Waals surface area contributed by atoms with Gasteiger partial charge in [0, 0.05) is 6.54 Å². The Bertz CT molecular complexity index is 251. The van der Waals surface area contributed by atoms with Gasteiger partial charge in [0.1, 0.15) is 0 Å². The minimum absolute atomic E-state index is 0.566. The van der Waals surface area contributed by atoms with Crippen LogP contribution in [0.4, 0.5) is 0 Å². The van der Waals surface area contributed by atoms with Crippen LogP contribution in [0.2, 0.25) is 0 Å². The third-order valence-electron chi connectivity index (χ3n) is 2.09. The van der Waals surface area contributed by atoms with Gasteiger partial charge in [-0.2, -0.15) is 0 Å². The van der Waals surface area contributed by atoms with Crippen LogP contribution in [-0.4, -0.2) is 17.3 Å². The molecule has 2 N–H and O–H groups in total. The molecule has 0 aromatic heterocycles. The molecular weight excluding hydrogens is 174 g/mol. The van der Waals surface area contributed by atoms with Crippen molar-refractivity contribution in [1.29, 1.82) is 0 Å². The van der Waals surface area contributed by atoms with Gasteiger partial charge in [-0.3, -0.25) is 0 Å². The molecule has 0 saturated heterocycles. The van der Waals surface area contributed by atoms with E-state index in [1.807, 2.05) is 32.0 Å². The first-order valence-corrected chi connectivity index (χ1v) is 5.05. The minimum Gasteiger partial charge on any atom is -0.390 e. The van der Waals surface area contributed by atoms with E-state index in [4.69, 9.17) is 0 Å². The fraction of sp³-hybridized carbons (Fsp3) is 0.500. The molecule has 1 rings (SSSR count). The van der Waals surface area contributed by atoms with Gasteiger partial charge in [-0.15, -0.1) is 0 Å². The van der Waals surface area contributed by atoms with Gasteiger partial charge in [0.15, 0.2) is 0 Å². The summed E-state index contributed by atoms with van der Waals surface area (Å²) < 4.78 is 0. The molecule has 0 aliphatic heterocycles. The molecule has 0 atom stereocenters. The van der Waals surface area contributed by atoms with Gasteiger partial charge in [-0.25, -0.2) is 0 Å². The minimum atomic E-state index is -0.566. The van der Waals surface area contributed by atoms with Crippen molar-refractivity contribution in [2.24, 2.45) is 0 Å². The molecule has 0 spiro atoms. The zero-order chi connectivity index (χ0) is 10.4. The fourth-order valence-electron chi connectivity index (χ4n) is 1.22. The Morgan fingerprint density at radius 1 is 1.21 bits per heavy atom. The number of hydrogen-bond acceptors (Lipinski definition) is 2. The average molecular weight is 193 g/mol. The van der Waals surface area contributed by atoms with Crippen LogP contribution in [0.5, 0.6) is 0 Å². The van der Waals surface area contributed by atoms with Crippen molar-refractivity contribution in [3.8, 4) is 0 Å². The highest BCUT2D eigenvalue weighted by Crippen LogP contribution is 2.05. The third kappa shape index (κ3) is 5.00. The molecule has 0 aliphatic carbocycles. The quantitative estimate of drug-likeness (QED) is 0.700. The van der Waals surface area contributed by atoms with Crippen LogP contribution in [0.25, 0.3) is 0 Å². The van der Waals surface area contributed by atoms with Crippen molar-refractivity contribution < 1.29 is 5.11 Å². The van der Waals surface area contributed by atoms with Gasteiger partial charge >= 0.3 is 0 Å². The summed E-state index contributed by atoms with van der Waals surface area (Å²) >= 11 is 0. The summed E-state index contributed by atoms with van der Waals surface area (Å²) in [5.74, 6) is 0. The van der Waals surface area contributed by atoms with Crippen molar-refractivity contribution in [2.75, 3.05) is 6.54 Å². The van der Waals surface area contributed by atoms with Gasteiger partial charge in [-0.1, -0.05) is 30.3 Å². The summed E-state index contributed by atoms with van der Waals surface area (Å²) in [4.78, 5) is 0. The van der Waals surface area contributed by atoms with Gasteiger partial charge < -0.3 is 10.4 Å². The van der Waals surface area contributed by atoms with Crippen LogP contribution in [0.15, 0.2) is 30.3 Å². The number of rotatable bonds is 5. The lowest BCUT2D eigenvalue weighted by atomic mass is 10.1. The number of benzene rings is 1. The average Bonchev–Trinajstić information content (AvgIpc) is 2.13. The molecule has 0 bridgehead atoms. The summed E-state index contributed by atoms with van der Waals surface area (Å²) in [5, 5.41) is 12.8. The Morgan fingerprint density at radius 3 is 2.43 bits per heavy atom. The van der Waals surface area contributed by atoms with Gasteiger partial charge in [0.05, 0.1) is 5.60 Å². The smallest absolute Gasteiger partial charge is 0.0603 e. The van der Waals surface area contributed by atoms with E-state index in [0.29, 0.717) is 0 Å². The lowest BCUT2D eigenvalue weighted by Crippen LogP contribution is -2.26. The van der Waals surface area contributed by atoms with Crippen LogP contribution in [0, 0.1) is 0 Å². The zero-order valence-electron chi connectivity index (χ0n) is 8.96. The van der Waals surface area contributed by atoms with Crippen LogP contribution in [0.1, 0.15) is 25.8 Å². The molecular formula is C12H19NO. The Balaban J connectivity index is 2.17. The van der Waals surface area contributed by atoms with Gasteiger partial charge in [0.2, 0.25) is 0 Å². The Kier molecular flexibility index (Phi) is 4.11. The lowest BCUT2D eigenvalue weighted by molar-refractivity contribution is 0.0711. The molecule has 1 aromatic rings. The van der Waals surface area contributed by atoms with Crippen LogP contribution in [0.3, 0.4) is 0 Å². The molecule has 0 heterocycles. The number of aliphatic hydroxyl groups is 1. The molecule has 2 nitrogen and oxygen atoms in total. The monoisotopic (exact) mass is 193 g/mol. The molecule has 0 saturated carbocycles. The highest BCUT2D eigenvalue weighted by molar-refractivity contribution is 5.14. The maximum Gasteiger partial charge on any atom is 0.0603 e. The third-order valence-corrected chi connectivity index (χ3v) is 2.09. The second-order valence-electron chi connectivity index (χ2n) is 4.22. The van der Waals surface area contributed by atoms with Crippen LogP contribution < -0.4 is 5.32 Å². The topological polar surface area (TPSA) is 32.3 Å². The Hall–Kier alpha value is -0.860. The second kappa shape index (κ2) is 5.13. The molecule has 78 valence electrons. The normalized spacial score (nSPS) is 11.6. The lowest BCUT2D eigenvalue weighted by Gasteiger charge is -2.16. The highest BCUT2D eigenvalue weighted by Gasteiger charge is 2.10. The van der Waals surface area contributed by atoms with E-state index in [2.05, 4.69) is 17.4 Å².